The Balaban J connectivity index is 1.62. The highest BCUT2D eigenvalue weighted by Gasteiger charge is 2.34. The van der Waals surface area contributed by atoms with Crippen LogP contribution in [0.3, 0.4) is 0 Å². The first kappa shape index (κ1) is 15.4. The molecular formula is C20H25N3O. The fraction of sp³-hybridized carbons (Fsp3) is 0.500. The van der Waals surface area contributed by atoms with Crippen LogP contribution >= 0.6 is 0 Å². The Hall–Kier alpha value is -2.10. The van der Waals surface area contributed by atoms with Gasteiger partial charge in [-0.15, -0.1) is 0 Å². The molecule has 2 aromatic rings. The van der Waals surface area contributed by atoms with Crippen LogP contribution in [0.1, 0.15) is 50.9 Å². The first-order chi connectivity index (χ1) is 11.8. The summed E-state index contributed by atoms with van der Waals surface area (Å²) in [7, 11) is 0. The van der Waals surface area contributed by atoms with Crippen molar-refractivity contribution in [3.63, 3.8) is 0 Å². The number of imidazole rings is 1. The normalized spacial score (nSPS) is 23.5. The third kappa shape index (κ3) is 2.64. The van der Waals surface area contributed by atoms with Crippen molar-refractivity contribution in [2.75, 3.05) is 6.54 Å². The van der Waals surface area contributed by atoms with E-state index in [1.165, 1.54) is 5.52 Å². The van der Waals surface area contributed by atoms with Gasteiger partial charge in [0, 0.05) is 19.5 Å². The molecule has 0 spiro atoms. The number of rotatable bonds is 4. The van der Waals surface area contributed by atoms with Crippen molar-refractivity contribution in [1.29, 1.82) is 0 Å². The van der Waals surface area contributed by atoms with Crippen molar-refractivity contribution >= 4 is 16.9 Å². The first-order valence-corrected chi connectivity index (χ1v) is 9.19. The molecule has 2 aliphatic rings. The summed E-state index contributed by atoms with van der Waals surface area (Å²) in [4.78, 5) is 19.8. The number of benzene rings is 1. The smallest absolute Gasteiger partial charge is 0.223 e. The fourth-order valence-electron chi connectivity index (χ4n) is 4.22. The molecule has 0 N–H and O–H groups in total. The molecule has 1 saturated heterocycles. The lowest BCUT2D eigenvalue weighted by Crippen LogP contribution is -2.32. The number of para-hydroxylation sites is 2. The predicted molar refractivity (Wildman–Crippen MR) is 95.6 cm³/mol. The second-order valence-electron chi connectivity index (χ2n) is 6.92. The lowest BCUT2D eigenvalue weighted by molar-refractivity contribution is -0.133. The van der Waals surface area contributed by atoms with Crippen LogP contribution in [0.4, 0.5) is 0 Å². The van der Waals surface area contributed by atoms with Gasteiger partial charge in [-0.25, -0.2) is 4.98 Å². The summed E-state index contributed by atoms with van der Waals surface area (Å²) in [5.41, 5.74) is 2.21. The zero-order valence-electron chi connectivity index (χ0n) is 14.3. The van der Waals surface area contributed by atoms with E-state index in [4.69, 9.17) is 4.98 Å². The van der Waals surface area contributed by atoms with Crippen LogP contribution in [0.15, 0.2) is 36.4 Å². The second kappa shape index (κ2) is 6.42. The monoisotopic (exact) mass is 323 g/mol. The Labute approximate surface area is 143 Å². The van der Waals surface area contributed by atoms with E-state index in [0.717, 1.165) is 50.1 Å². The number of carbonyl (C=O) groups is 1. The Morgan fingerprint density at radius 2 is 2.17 bits per heavy atom. The minimum atomic E-state index is 0.134. The number of likely N-dealkylation sites (tertiary alicyclic amines) is 1. The van der Waals surface area contributed by atoms with Crippen molar-refractivity contribution in [3.8, 4) is 0 Å². The van der Waals surface area contributed by atoms with Crippen LogP contribution in [0, 0.1) is 5.92 Å². The minimum absolute atomic E-state index is 0.134. The van der Waals surface area contributed by atoms with Gasteiger partial charge in [-0.1, -0.05) is 24.3 Å². The Morgan fingerprint density at radius 1 is 1.29 bits per heavy atom. The molecule has 1 aromatic heterocycles. The average Bonchev–Trinajstić information content (AvgIpc) is 3.33. The maximum absolute atomic E-state index is 12.9. The highest BCUT2D eigenvalue weighted by Crippen LogP contribution is 2.35. The van der Waals surface area contributed by atoms with Crippen molar-refractivity contribution in [2.24, 2.45) is 5.92 Å². The molecule has 4 rings (SSSR count). The van der Waals surface area contributed by atoms with Gasteiger partial charge in [0.15, 0.2) is 0 Å². The molecule has 126 valence electrons. The van der Waals surface area contributed by atoms with E-state index in [-0.39, 0.29) is 6.04 Å². The summed E-state index contributed by atoms with van der Waals surface area (Å²) >= 11 is 0. The van der Waals surface area contributed by atoms with Gasteiger partial charge in [-0.3, -0.25) is 4.79 Å². The SMILES string of the molecule is CCn1c([C@H]2CCCN2C(=O)C[C@H]2C=CCC2)nc2ccccc21. The van der Waals surface area contributed by atoms with E-state index in [0.29, 0.717) is 18.2 Å². The number of amides is 1. The third-order valence-corrected chi connectivity index (χ3v) is 5.42. The number of aromatic nitrogens is 2. The Bertz CT molecular complexity index is 776. The molecule has 2 heterocycles. The second-order valence-corrected chi connectivity index (χ2v) is 6.92. The molecule has 0 radical (unpaired) electrons. The van der Waals surface area contributed by atoms with Crippen LogP contribution in [0.5, 0.6) is 0 Å². The van der Waals surface area contributed by atoms with E-state index >= 15 is 0 Å². The van der Waals surface area contributed by atoms with Gasteiger partial charge in [0.2, 0.25) is 5.91 Å². The highest BCUT2D eigenvalue weighted by atomic mass is 16.2. The summed E-state index contributed by atoms with van der Waals surface area (Å²) < 4.78 is 2.28. The molecule has 1 fully saturated rings. The summed E-state index contributed by atoms with van der Waals surface area (Å²) in [5.74, 6) is 1.79. The third-order valence-electron chi connectivity index (χ3n) is 5.42. The number of fused-ring (bicyclic) bond motifs is 1. The lowest BCUT2D eigenvalue weighted by Gasteiger charge is -2.26. The summed E-state index contributed by atoms with van der Waals surface area (Å²) in [5, 5.41) is 0. The molecule has 4 heteroatoms. The van der Waals surface area contributed by atoms with Gasteiger partial charge < -0.3 is 9.47 Å². The molecule has 1 aliphatic heterocycles. The van der Waals surface area contributed by atoms with Crippen LogP contribution in [0.25, 0.3) is 11.0 Å². The molecule has 24 heavy (non-hydrogen) atoms. The highest BCUT2D eigenvalue weighted by molar-refractivity contribution is 5.79. The minimum Gasteiger partial charge on any atom is -0.332 e. The molecule has 0 saturated carbocycles. The topological polar surface area (TPSA) is 38.1 Å². The maximum Gasteiger partial charge on any atom is 0.223 e. The molecule has 4 nitrogen and oxygen atoms in total. The standard InChI is InChI=1S/C20H25N3O/c1-2-22-17-11-6-5-10-16(17)21-20(22)18-12-7-13-23(18)19(24)14-15-8-3-4-9-15/h3,5-6,8,10-11,15,18H,2,4,7,9,12-14H2,1H3/t15-,18+/m0/s1. The van der Waals surface area contributed by atoms with Crippen LogP contribution in [-0.4, -0.2) is 26.9 Å². The van der Waals surface area contributed by atoms with Gasteiger partial charge in [0.1, 0.15) is 5.82 Å². The summed E-state index contributed by atoms with van der Waals surface area (Å²) in [6, 6.07) is 8.41. The number of hydrogen-bond donors (Lipinski definition) is 0. The van der Waals surface area contributed by atoms with Crippen molar-refractivity contribution in [2.45, 2.75) is 51.6 Å². The van der Waals surface area contributed by atoms with E-state index in [9.17, 15) is 4.79 Å². The zero-order chi connectivity index (χ0) is 16.5. The lowest BCUT2D eigenvalue weighted by atomic mass is 10.0. The van der Waals surface area contributed by atoms with E-state index in [1.807, 2.05) is 6.07 Å². The molecule has 0 bridgehead atoms. The quantitative estimate of drug-likeness (QED) is 0.795. The van der Waals surface area contributed by atoms with Gasteiger partial charge in [0.25, 0.3) is 0 Å². The zero-order valence-corrected chi connectivity index (χ0v) is 14.3. The van der Waals surface area contributed by atoms with E-state index in [2.05, 4.69) is 46.7 Å². The van der Waals surface area contributed by atoms with Gasteiger partial charge >= 0.3 is 0 Å². The summed E-state index contributed by atoms with van der Waals surface area (Å²) in [6.45, 7) is 3.91. The van der Waals surface area contributed by atoms with Crippen molar-refractivity contribution in [1.82, 2.24) is 14.5 Å². The number of carbonyl (C=O) groups excluding carboxylic acids is 1. The maximum atomic E-state index is 12.9. The first-order valence-electron chi connectivity index (χ1n) is 9.19. The number of nitrogens with zero attached hydrogens (tertiary/aromatic N) is 3. The number of hydrogen-bond acceptors (Lipinski definition) is 2. The van der Waals surface area contributed by atoms with E-state index in [1.54, 1.807) is 0 Å². The molecule has 1 aliphatic carbocycles. The van der Waals surface area contributed by atoms with Crippen molar-refractivity contribution in [3.05, 3.63) is 42.2 Å². The molecular weight excluding hydrogens is 298 g/mol. The fourth-order valence-corrected chi connectivity index (χ4v) is 4.22. The van der Waals surface area contributed by atoms with Crippen molar-refractivity contribution < 1.29 is 4.79 Å². The molecule has 2 atom stereocenters. The van der Waals surface area contributed by atoms with Gasteiger partial charge in [0.05, 0.1) is 17.1 Å². The van der Waals surface area contributed by atoms with Crippen LogP contribution in [0.2, 0.25) is 0 Å². The Morgan fingerprint density at radius 3 is 2.96 bits per heavy atom. The van der Waals surface area contributed by atoms with E-state index < -0.39 is 0 Å². The van der Waals surface area contributed by atoms with Gasteiger partial charge in [-0.05, 0) is 50.7 Å². The molecule has 1 aromatic carbocycles. The molecule has 1 amide bonds. The summed E-state index contributed by atoms with van der Waals surface area (Å²) in [6.07, 6.45) is 9.41. The van der Waals surface area contributed by atoms with Gasteiger partial charge in [-0.2, -0.15) is 0 Å². The largest absolute Gasteiger partial charge is 0.332 e. The average molecular weight is 323 g/mol. The Kier molecular flexibility index (Phi) is 4.13. The number of allylic oxidation sites excluding steroid dienone is 2. The predicted octanol–water partition coefficient (Wildman–Crippen LogP) is 4.08. The number of aryl methyl sites for hydroxylation is 1. The van der Waals surface area contributed by atoms with Crippen LogP contribution in [-0.2, 0) is 11.3 Å². The van der Waals surface area contributed by atoms with Crippen LogP contribution < -0.4 is 0 Å². The molecule has 0 unspecified atom stereocenters.